The van der Waals surface area contributed by atoms with Gasteiger partial charge >= 0.3 is 5.97 Å². The summed E-state index contributed by atoms with van der Waals surface area (Å²) >= 11 is 1.50. The van der Waals surface area contributed by atoms with Crippen molar-refractivity contribution in [3.63, 3.8) is 0 Å². The van der Waals surface area contributed by atoms with E-state index in [9.17, 15) is 14.4 Å². The number of carbonyl (C=O) groups is 3. The number of nitrogens with one attached hydrogen (secondary N) is 1. The highest BCUT2D eigenvalue weighted by atomic mass is 32.1. The van der Waals surface area contributed by atoms with Gasteiger partial charge in [-0.15, -0.1) is 11.3 Å². The zero-order valence-electron chi connectivity index (χ0n) is 18.5. The van der Waals surface area contributed by atoms with Gasteiger partial charge in [-0.3, -0.25) is 14.5 Å². The number of carbonyl (C=O) groups excluding carboxylic acids is 3. The Morgan fingerprint density at radius 2 is 2.03 bits per heavy atom. The van der Waals surface area contributed by atoms with Crippen LogP contribution in [0.5, 0.6) is 0 Å². The SMILES string of the molecule is CCOC(=O)c1c(NC(=O)CN2CCN(C(=O)c3ccco3)CC2)sc2c1CC[C@H](C)C2. The lowest BCUT2D eigenvalue weighted by Crippen LogP contribution is -2.50. The van der Waals surface area contributed by atoms with Crippen molar-refractivity contribution in [3.05, 3.63) is 40.2 Å². The lowest BCUT2D eigenvalue weighted by atomic mass is 9.88. The summed E-state index contributed by atoms with van der Waals surface area (Å²) in [5.41, 5.74) is 1.56. The van der Waals surface area contributed by atoms with E-state index in [1.54, 1.807) is 24.0 Å². The Balaban J connectivity index is 1.37. The van der Waals surface area contributed by atoms with E-state index in [1.807, 2.05) is 4.90 Å². The van der Waals surface area contributed by atoms with Gasteiger partial charge in [-0.1, -0.05) is 6.92 Å². The van der Waals surface area contributed by atoms with E-state index >= 15 is 0 Å². The Bertz CT molecular complexity index is 976. The molecule has 1 aliphatic heterocycles. The summed E-state index contributed by atoms with van der Waals surface area (Å²) in [6, 6.07) is 3.35. The Morgan fingerprint density at radius 3 is 2.72 bits per heavy atom. The van der Waals surface area contributed by atoms with Crippen LogP contribution in [-0.2, 0) is 22.4 Å². The van der Waals surface area contributed by atoms with Gasteiger partial charge in [-0.25, -0.2) is 4.79 Å². The fourth-order valence-electron chi connectivity index (χ4n) is 4.29. The van der Waals surface area contributed by atoms with Gasteiger partial charge in [0.1, 0.15) is 5.00 Å². The molecule has 1 saturated heterocycles. The van der Waals surface area contributed by atoms with Gasteiger partial charge < -0.3 is 19.4 Å². The quantitative estimate of drug-likeness (QED) is 0.668. The van der Waals surface area contributed by atoms with E-state index in [-0.39, 0.29) is 24.3 Å². The van der Waals surface area contributed by atoms with Gasteiger partial charge in [-0.2, -0.15) is 0 Å². The van der Waals surface area contributed by atoms with E-state index in [2.05, 4.69) is 12.2 Å². The van der Waals surface area contributed by atoms with Crippen molar-refractivity contribution < 1.29 is 23.5 Å². The molecule has 0 saturated carbocycles. The van der Waals surface area contributed by atoms with Crippen molar-refractivity contribution >= 4 is 34.1 Å². The van der Waals surface area contributed by atoms with Crippen LogP contribution in [0, 0.1) is 5.92 Å². The molecule has 3 heterocycles. The van der Waals surface area contributed by atoms with E-state index in [0.29, 0.717) is 55.0 Å². The molecule has 1 aliphatic carbocycles. The van der Waals surface area contributed by atoms with Crippen LogP contribution in [0.2, 0.25) is 0 Å². The third-order valence-electron chi connectivity index (χ3n) is 6.00. The highest BCUT2D eigenvalue weighted by molar-refractivity contribution is 7.17. The molecule has 2 aliphatic rings. The molecule has 9 heteroatoms. The van der Waals surface area contributed by atoms with Gasteiger partial charge in [0.2, 0.25) is 5.91 Å². The smallest absolute Gasteiger partial charge is 0.341 e. The molecule has 2 amide bonds. The van der Waals surface area contributed by atoms with Crippen molar-refractivity contribution in [2.45, 2.75) is 33.1 Å². The fourth-order valence-corrected chi connectivity index (χ4v) is 5.71. The molecular formula is C23H29N3O5S. The monoisotopic (exact) mass is 459 g/mol. The molecular weight excluding hydrogens is 430 g/mol. The van der Waals surface area contributed by atoms with E-state index < -0.39 is 0 Å². The highest BCUT2D eigenvalue weighted by Gasteiger charge is 2.30. The van der Waals surface area contributed by atoms with Crippen LogP contribution in [0.25, 0.3) is 0 Å². The topological polar surface area (TPSA) is 92.1 Å². The largest absolute Gasteiger partial charge is 0.462 e. The first-order valence-electron chi connectivity index (χ1n) is 11.1. The molecule has 0 bridgehead atoms. The van der Waals surface area contributed by atoms with Crippen LogP contribution in [0.1, 0.15) is 51.6 Å². The minimum absolute atomic E-state index is 0.128. The lowest BCUT2D eigenvalue weighted by Gasteiger charge is -2.33. The van der Waals surface area contributed by atoms with Crippen LogP contribution < -0.4 is 5.32 Å². The molecule has 2 aromatic heterocycles. The maximum absolute atomic E-state index is 12.8. The fraction of sp³-hybridized carbons (Fsp3) is 0.522. The predicted molar refractivity (Wildman–Crippen MR) is 121 cm³/mol. The molecule has 0 unspecified atom stereocenters. The predicted octanol–water partition coefficient (Wildman–Crippen LogP) is 3.04. The van der Waals surface area contributed by atoms with Crippen LogP contribution in [0.15, 0.2) is 22.8 Å². The standard InChI is InChI=1S/C23H29N3O5S/c1-3-30-23(29)20-16-7-6-15(2)13-18(16)32-21(20)24-19(27)14-25-8-10-26(11-9-25)22(28)17-5-4-12-31-17/h4-5,12,15H,3,6-11,13-14H2,1-2H3,(H,24,27)/t15-/m0/s1. The van der Waals surface area contributed by atoms with Gasteiger partial charge in [0.25, 0.3) is 5.91 Å². The summed E-state index contributed by atoms with van der Waals surface area (Å²) < 4.78 is 10.5. The molecule has 1 atom stereocenters. The Labute approximate surface area is 191 Å². The summed E-state index contributed by atoms with van der Waals surface area (Å²) in [7, 11) is 0. The number of ether oxygens (including phenoxy) is 1. The summed E-state index contributed by atoms with van der Waals surface area (Å²) in [4.78, 5) is 42.7. The second-order valence-corrected chi connectivity index (χ2v) is 9.48. The molecule has 0 radical (unpaired) electrons. The molecule has 1 fully saturated rings. The zero-order chi connectivity index (χ0) is 22.7. The number of furan rings is 1. The van der Waals surface area contributed by atoms with Gasteiger partial charge in [0.05, 0.1) is 25.0 Å². The number of piperazine rings is 1. The number of thiophene rings is 1. The van der Waals surface area contributed by atoms with Crippen LogP contribution in [-0.4, -0.2) is 66.9 Å². The molecule has 0 aromatic carbocycles. The Hall–Kier alpha value is -2.65. The number of anilines is 1. The molecule has 1 N–H and O–H groups in total. The highest BCUT2D eigenvalue weighted by Crippen LogP contribution is 2.40. The van der Waals surface area contributed by atoms with E-state index in [1.165, 1.54) is 22.5 Å². The maximum Gasteiger partial charge on any atom is 0.341 e. The number of rotatable bonds is 6. The van der Waals surface area contributed by atoms with Gasteiger partial charge in [0, 0.05) is 31.1 Å². The lowest BCUT2D eigenvalue weighted by molar-refractivity contribution is -0.117. The maximum atomic E-state index is 12.8. The van der Waals surface area contributed by atoms with Crippen molar-refractivity contribution in [1.29, 1.82) is 0 Å². The molecule has 172 valence electrons. The third-order valence-corrected chi connectivity index (χ3v) is 7.17. The molecule has 2 aromatic rings. The first kappa shape index (κ1) is 22.5. The number of nitrogens with zero attached hydrogens (tertiary/aromatic N) is 2. The van der Waals surface area contributed by atoms with E-state index in [0.717, 1.165) is 24.8 Å². The molecule has 4 rings (SSSR count). The van der Waals surface area contributed by atoms with Crippen molar-refractivity contribution in [1.82, 2.24) is 9.80 Å². The Kier molecular flexibility index (Phi) is 6.95. The average molecular weight is 460 g/mol. The number of amides is 2. The van der Waals surface area contributed by atoms with Gasteiger partial charge in [0.15, 0.2) is 5.76 Å². The molecule has 32 heavy (non-hydrogen) atoms. The minimum Gasteiger partial charge on any atom is -0.462 e. The normalized spacial score (nSPS) is 18.8. The van der Waals surface area contributed by atoms with Crippen molar-refractivity contribution in [2.24, 2.45) is 5.92 Å². The zero-order valence-corrected chi connectivity index (χ0v) is 19.3. The van der Waals surface area contributed by atoms with Crippen molar-refractivity contribution in [2.75, 3.05) is 44.6 Å². The number of esters is 1. The second kappa shape index (κ2) is 9.87. The summed E-state index contributed by atoms with van der Waals surface area (Å²) in [5.74, 6) is 0.253. The third kappa shape index (κ3) is 4.88. The molecule has 8 nitrogen and oxygen atoms in total. The van der Waals surface area contributed by atoms with Gasteiger partial charge in [-0.05, 0) is 49.8 Å². The number of hydrogen-bond acceptors (Lipinski definition) is 7. The number of hydrogen-bond donors (Lipinski definition) is 1. The summed E-state index contributed by atoms with van der Waals surface area (Å²) in [6.45, 7) is 6.77. The molecule has 0 spiro atoms. The first-order valence-corrected chi connectivity index (χ1v) is 11.9. The summed E-state index contributed by atoms with van der Waals surface area (Å²) in [6.07, 6.45) is 4.28. The van der Waals surface area contributed by atoms with Crippen LogP contribution >= 0.6 is 11.3 Å². The summed E-state index contributed by atoms with van der Waals surface area (Å²) in [5, 5.41) is 3.56. The minimum atomic E-state index is -0.361. The first-order chi connectivity index (χ1) is 15.5. The van der Waals surface area contributed by atoms with E-state index in [4.69, 9.17) is 9.15 Å². The second-order valence-electron chi connectivity index (χ2n) is 8.37. The van der Waals surface area contributed by atoms with Crippen LogP contribution in [0.4, 0.5) is 5.00 Å². The van der Waals surface area contributed by atoms with Crippen LogP contribution in [0.3, 0.4) is 0 Å². The Morgan fingerprint density at radius 1 is 1.25 bits per heavy atom. The van der Waals surface area contributed by atoms with Crippen molar-refractivity contribution in [3.8, 4) is 0 Å². The average Bonchev–Trinajstić information content (AvgIpc) is 3.41. The number of fused-ring (bicyclic) bond motifs is 1.